The third kappa shape index (κ3) is 4.30. The lowest BCUT2D eigenvalue weighted by atomic mass is 10.1. The van der Waals surface area contributed by atoms with Crippen LogP contribution in [0, 0.1) is 25.5 Å². The maximum absolute atomic E-state index is 11.7. The van der Waals surface area contributed by atoms with Crippen molar-refractivity contribution in [2.45, 2.75) is 52.6 Å². The zero-order valence-electron chi connectivity index (χ0n) is 16.5. The molecule has 0 aliphatic carbocycles. The number of hydrogen-bond acceptors (Lipinski definition) is 7. The molecule has 3 atom stereocenters. The van der Waals surface area contributed by atoms with Crippen LogP contribution in [-0.4, -0.2) is 27.2 Å². The summed E-state index contributed by atoms with van der Waals surface area (Å²) in [5, 5.41) is 0. The highest BCUT2D eigenvalue weighted by Crippen LogP contribution is 2.62. The average Bonchev–Trinajstić information content (AvgIpc) is 3.13. The van der Waals surface area contributed by atoms with Crippen LogP contribution in [0.1, 0.15) is 41.3 Å². The van der Waals surface area contributed by atoms with Crippen LogP contribution in [-0.2, 0) is 20.4 Å². The monoisotopic (exact) mass is 439 g/mol. The number of H-pyrrole nitrogens is 1. The Bertz CT molecular complexity index is 1050. The van der Waals surface area contributed by atoms with E-state index in [1.165, 1.54) is 0 Å². The molecule has 0 saturated carbocycles. The van der Waals surface area contributed by atoms with Gasteiger partial charge in [-0.25, -0.2) is 0 Å². The number of fused-ring (bicyclic) bond motifs is 1. The Labute approximate surface area is 174 Å². The molecule has 0 bridgehead atoms. The molecule has 2 N–H and O–H groups in total. The Kier molecular flexibility index (Phi) is 5.63. The Morgan fingerprint density at radius 2 is 2.10 bits per heavy atom. The fourth-order valence-corrected chi connectivity index (χ4v) is 5.22. The van der Waals surface area contributed by atoms with Crippen LogP contribution in [0.15, 0.2) is 23.1 Å². The number of nitrogens with zero attached hydrogens (tertiary/aromatic N) is 1. The second-order valence-electron chi connectivity index (χ2n) is 7.47. The molecule has 156 valence electrons. The molecule has 3 unspecified atom stereocenters. The van der Waals surface area contributed by atoms with Crippen LogP contribution in [0.5, 0.6) is 5.75 Å². The van der Waals surface area contributed by atoms with Crippen molar-refractivity contribution in [1.82, 2.24) is 9.55 Å². The molecule has 0 amide bonds. The van der Waals surface area contributed by atoms with Gasteiger partial charge in [-0.05, 0) is 57.5 Å². The number of rotatable bonds is 4. The molecular weight excluding hydrogens is 415 g/mol. The average molecular weight is 439 g/mol. The van der Waals surface area contributed by atoms with Gasteiger partial charge in [0.1, 0.15) is 19.4 Å². The molecule has 10 heteroatoms. The van der Waals surface area contributed by atoms with E-state index in [0.717, 1.165) is 23.1 Å². The predicted octanol–water partition coefficient (Wildman–Crippen LogP) is 3.80. The molecule has 0 spiro atoms. The molecule has 29 heavy (non-hydrogen) atoms. The number of hydrogen-bond donors (Lipinski definition) is 2. The summed E-state index contributed by atoms with van der Waals surface area (Å²) in [6, 6.07) is 3.97. The molecule has 2 aromatic rings. The Hall–Kier alpha value is -1.61. The summed E-state index contributed by atoms with van der Waals surface area (Å²) < 4.78 is 25.0. The highest BCUT2D eigenvalue weighted by molar-refractivity contribution is 7.71. The Balaban J connectivity index is 1.40. The van der Waals surface area contributed by atoms with E-state index < -0.39 is 8.17 Å². The van der Waals surface area contributed by atoms with Crippen LogP contribution in [0.3, 0.4) is 0 Å². The lowest BCUT2D eigenvalue weighted by Gasteiger charge is -2.24. The van der Waals surface area contributed by atoms with Gasteiger partial charge in [0.15, 0.2) is 10.5 Å². The summed E-state index contributed by atoms with van der Waals surface area (Å²) in [7, 11) is -3.46. The van der Waals surface area contributed by atoms with E-state index in [1.807, 2.05) is 26.0 Å². The number of benzene rings is 1. The van der Waals surface area contributed by atoms with Gasteiger partial charge in [0, 0.05) is 17.3 Å². The first-order valence-corrected chi connectivity index (χ1v) is 11.3. The van der Waals surface area contributed by atoms with Gasteiger partial charge >= 0.3 is 8.17 Å². The molecule has 2 aliphatic heterocycles. The lowest BCUT2D eigenvalue weighted by Crippen LogP contribution is -2.23. The molecular formula is C19H24N2O6PS+. The van der Waals surface area contributed by atoms with E-state index in [9.17, 15) is 9.69 Å². The molecule has 1 saturated heterocycles. The Morgan fingerprint density at radius 3 is 2.90 bits per heavy atom. The first-order valence-electron chi connectivity index (χ1n) is 9.42. The molecule has 1 aromatic carbocycles. The number of aryl methyl sites for hydroxylation is 3. The first-order chi connectivity index (χ1) is 13.7. The smallest absolute Gasteiger partial charge is 0.352 e. The normalized spacial score (nSPS) is 26.2. The minimum Gasteiger partial charge on any atom is -0.352 e. The fourth-order valence-electron chi connectivity index (χ4n) is 3.63. The molecule has 3 heterocycles. The fraction of sp³-hybridized carbons (Fsp3) is 0.474. The Morgan fingerprint density at radius 1 is 1.31 bits per heavy atom. The summed E-state index contributed by atoms with van der Waals surface area (Å²) in [6.45, 7) is 6.03. The minimum absolute atomic E-state index is 0.136. The van der Waals surface area contributed by atoms with Gasteiger partial charge in [-0.2, -0.15) is 4.89 Å². The van der Waals surface area contributed by atoms with Crippen molar-refractivity contribution in [3.05, 3.63) is 55.7 Å². The SMILES string of the molecule is Cc1cc(C)c2c(c1)CO[P+](O)(OCC1CCC(n3cc(C)c(=O)[nH]c3=S)O1)O2. The van der Waals surface area contributed by atoms with Crippen molar-refractivity contribution < 1.29 is 23.2 Å². The van der Waals surface area contributed by atoms with Crippen molar-refractivity contribution in [1.29, 1.82) is 0 Å². The van der Waals surface area contributed by atoms with Crippen molar-refractivity contribution in [3.8, 4) is 5.75 Å². The van der Waals surface area contributed by atoms with E-state index in [-0.39, 0.29) is 31.1 Å². The quantitative estimate of drug-likeness (QED) is 0.553. The summed E-state index contributed by atoms with van der Waals surface area (Å²) >= 11 is 5.24. The van der Waals surface area contributed by atoms with E-state index in [4.69, 9.17) is 30.5 Å². The minimum atomic E-state index is -3.46. The van der Waals surface area contributed by atoms with Crippen LogP contribution < -0.4 is 10.1 Å². The van der Waals surface area contributed by atoms with E-state index in [2.05, 4.69) is 4.98 Å². The molecule has 8 nitrogen and oxygen atoms in total. The second-order valence-corrected chi connectivity index (χ2v) is 9.49. The van der Waals surface area contributed by atoms with Gasteiger partial charge in [0.25, 0.3) is 5.56 Å². The zero-order chi connectivity index (χ0) is 20.8. The summed E-state index contributed by atoms with van der Waals surface area (Å²) in [5.41, 5.74) is 3.31. The lowest BCUT2D eigenvalue weighted by molar-refractivity contribution is -0.0294. The van der Waals surface area contributed by atoms with Crippen molar-refractivity contribution in [2.75, 3.05) is 6.61 Å². The molecule has 1 fully saturated rings. The van der Waals surface area contributed by atoms with Gasteiger partial charge in [0.2, 0.25) is 0 Å². The van der Waals surface area contributed by atoms with Crippen LogP contribution in [0.25, 0.3) is 0 Å². The summed E-state index contributed by atoms with van der Waals surface area (Å²) in [6.07, 6.45) is 2.60. The second kappa shape index (κ2) is 7.91. The van der Waals surface area contributed by atoms with Crippen molar-refractivity contribution in [3.63, 3.8) is 0 Å². The van der Waals surface area contributed by atoms with Crippen LogP contribution >= 0.6 is 20.4 Å². The maximum Gasteiger partial charge on any atom is 0.619 e. The number of nitrogens with one attached hydrogen (secondary N) is 1. The van der Waals surface area contributed by atoms with Gasteiger partial charge in [-0.15, -0.1) is 9.05 Å². The van der Waals surface area contributed by atoms with Gasteiger partial charge in [-0.1, -0.05) is 11.6 Å². The topological polar surface area (TPSA) is 94.9 Å². The van der Waals surface area contributed by atoms with E-state index in [1.54, 1.807) is 17.7 Å². The van der Waals surface area contributed by atoms with E-state index in [0.29, 0.717) is 22.5 Å². The van der Waals surface area contributed by atoms with Crippen LogP contribution in [0.2, 0.25) is 0 Å². The third-order valence-electron chi connectivity index (χ3n) is 5.05. The standard InChI is InChI=1S/C19H23N2O6PS/c1-11-6-12(2)17-14(7-11)9-24-28(23,27-17)25-10-15-4-5-16(26-15)21-8-13(3)18(22)20-19(21)29/h6-8,15-16,23H,4-5,9-10H2,1-3H3/p+1. The van der Waals surface area contributed by atoms with Crippen LogP contribution in [0.4, 0.5) is 0 Å². The number of aromatic nitrogens is 2. The third-order valence-corrected chi connectivity index (χ3v) is 6.71. The molecule has 1 aromatic heterocycles. The molecule has 2 aliphatic rings. The van der Waals surface area contributed by atoms with Crippen molar-refractivity contribution in [2.24, 2.45) is 0 Å². The van der Waals surface area contributed by atoms with Gasteiger partial charge in [0.05, 0.1) is 6.10 Å². The maximum atomic E-state index is 11.7. The zero-order valence-corrected chi connectivity index (χ0v) is 18.2. The van der Waals surface area contributed by atoms with Crippen molar-refractivity contribution >= 4 is 20.4 Å². The predicted molar refractivity (Wildman–Crippen MR) is 110 cm³/mol. The highest BCUT2D eigenvalue weighted by atomic mass is 32.1. The summed E-state index contributed by atoms with van der Waals surface area (Å²) in [5.74, 6) is 0.623. The molecule has 0 radical (unpaired) electrons. The number of ether oxygens (including phenoxy) is 1. The van der Waals surface area contributed by atoms with Gasteiger partial charge in [-0.3, -0.25) is 18.9 Å². The van der Waals surface area contributed by atoms with E-state index >= 15 is 0 Å². The molecule has 4 rings (SSSR count). The first kappa shape index (κ1) is 20.7. The van der Waals surface area contributed by atoms with Gasteiger partial charge < -0.3 is 4.74 Å². The summed E-state index contributed by atoms with van der Waals surface area (Å²) in [4.78, 5) is 25.0. The number of aromatic amines is 1. The largest absolute Gasteiger partial charge is 0.619 e. The highest BCUT2D eigenvalue weighted by Gasteiger charge is 2.51.